The predicted molar refractivity (Wildman–Crippen MR) is 67.3 cm³/mol. The Kier molecular flexibility index (Phi) is 3.15. The number of hydrogen-bond acceptors (Lipinski definition) is 3. The number of nitrogens with two attached hydrogens (primary N) is 1. The Hall–Kier alpha value is -1.43. The normalized spacial score (nSPS) is 13.8. The van der Waals surface area contributed by atoms with Gasteiger partial charge in [0.25, 0.3) is 10.1 Å². The van der Waals surface area contributed by atoms with Crippen LogP contribution in [0.25, 0.3) is 10.8 Å². The molecular weight excluding hydrogens is 238 g/mol. The van der Waals surface area contributed by atoms with E-state index in [-0.39, 0.29) is 6.54 Å². The molecule has 0 amide bonds. The Morgan fingerprint density at radius 1 is 1.12 bits per heavy atom. The van der Waals surface area contributed by atoms with E-state index in [1.54, 1.807) is 12.1 Å². The molecule has 1 atom stereocenters. The lowest BCUT2D eigenvalue weighted by Gasteiger charge is -2.14. The summed E-state index contributed by atoms with van der Waals surface area (Å²) in [5, 5.41) is 0.642. The van der Waals surface area contributed by atoms with Crippen LogP contribution in [0.1, 0.15) is 10.8 Å². The van der Waals surface area contributed by atoms with E-state index in [4.69, 9.17) is 5.73 Å². The van der Waals surface area contributed by atoms with Crippen LogP contribution in [0, 0.1) is 0 Å². The third-order valence-corrected chi connectivity index (χ3v) is 3.91. The average molecular weight is 251 g/mol. The molecule has 1 unspecified atom stereocenters. The highest BCUT2D eigenvalue weighted by atomic mass is 32.2. The van der Waals surface area contributed by atoms with Gasteiger partial charge >= 0.3 is 0 Å². The molecule has 0 saturated carbocycles. The minimum absolute atomic E-state index is 0.146. The van der Waals surface area contributed by atoms with Gasteiger partial charge in [-0.3, -0.25) is 4.55 Å². The zero-order valence-corrected chi connectivity index (χ0v) is 9.89. The van der Waals surface area contributed by atoms with E-state index in [2.05, 4.69) is 0 Å². The van der Waals surface area contributed by atoms with E-state index in [9.17, 15) is 13.0 Å². The van der Waals surface area contributed by atoms with Gasteiger partial charge in [-0.1, -0.05) is 42.5 Å². The van der Waals surface area contributed by atoms with Crippen molar-refractivity contribution in [1.29, 1.82) is 0 Å². The first-order valence-electron chi connectivity index (χ1n) is 5.18. The molecule has 0 aliphatic heterocycles. The SMILES string of the molecule is NCC(c1cccc2ccccc12)S(=O)(=O)O. The van der Waals surface area contributed by atoms with Crippen molar-refractivity contribution in [3.8, 4) is 0 Å². The number of hydrogen-bond donors (Lipinski definition) is 2. The lowest BCUT2D eigenvalue weighted by atomic mass is 10.0. The molecule has 2 rings (SSSR count). The smallest absolute Gasteiger partial charge is 0.273 e. The summed E-state index contributed by atoms with van der Waals surface area (Å²) in [4.78, 5) is 0. The zero-order chi connectivity index (χ0) is 12.5. The van der Waals surface area contributed by atoms with Crippen LogP contribution < -0.4 is 5.73 Å². The molecule has 0 bridgehead atoms. The quantitative estimate of drug-likeness (QED) is 0.814. The summed E-state index contributed by atoms with van der Waals surface area (Å²) in [6.07, 6.45) is 0. The molecule has 4 nitrogen and oxygen atoms in total. The first kappa shape index (κ1) is 12.0. The summed E-state index contributed by atoms with van der Waals surface area (Å²) in [5.41, 5.74) is 5.98. The highest BCUT2D eigenvalue weighted by Gasteiger charge is 2.24. The van der Waals surface area contributed by atoms with Crippen molar-refractivity contribution in [2.75, 3.05) is 6.54 Å². The van der Waals surface area contributed by atoms with Crippen LogP contribution in [-0.4, -0.2) is 19.5 Å². The molecule has 0 aliphatic carbocycles. The fourth-order valence-corrected chi connectivity index (χ4v) is 2.71. The lowest BCUT2D eigenvalue weighted by molar-refractivity contribution is 0.469. The molecule has 0 heterocycles. The Labute approximate surface area is 99.8 Å². The second-order valence-electron chi connectivity index (χ2n) is 3.81. The molecule has 5 heteroatoms. The molecule has 17 heavy (non-hydrogen) atoms. The summed E-state index contributed by atoms with van der Waals surface area (Å²) >= 11 is 0. The summed E-state index contributed by atoms with van der Waals surface area (Å²) < 4.78 is 31.7. The number of fused-ring (bicyclic) bond motifs is 1. The Bertz CT molecular complexity index is 632. The van der Waals surface area contributed by atoms with Crippen molar-refractivity contribution in [2.45, 2.75) is 5.25 Å². The van der Waals surface area contributed by atoms with Crippen LogP contribution in [0.15, 0.2) is 42.5 Å². The second kappa shape index (κ2) is 4.44. The van der Waals surface area contributed by atoms with Crippen molar-refractivity contribution in [2.24, 2.45) is 5.73 Å². The largest absolute Gasteiger partial charge is 0.329 e. The van der Waals surface area contributed by atoms with Crippen LogP contribution in [-0.2, 0) is 10.1 Å². The summed E-state index contributed by atoms with van der Waals surface area (Å²) in [7, 11) is -4.18. The maximum absolute atomic E-state index is 11.3. The van der Waals surface area contributed by atoms with Gasteiger partial charge in [-0.25, -0.2) is 0 Å². The molecule has 2 aromatic carbocycles. The third kappa shape index (κ3) is 2.31. The van der Waals surface area contributed by atoms with Gasteiger partial charge < -0.3 is 5.73 Å². The molecule has 0 radical (unpaired) electrons. The van der Waals surface area contributed by atoms with Gasteiger partial charge in [0.1, 0.15) is 5.25 Å². The minimum Gasteiger partial charge on any atom is -0.329 e. The topological polar surface area (TPSA) is 80.4 Å². The molecule has 2 aromatic rings. The first-order valence-corrected chi connectivity index (χ1v) is 6.68. The molecule has 3 N–H and O–H groups in total. The third-order valence-electron chi connectivity index (χ3n) is 2.74. The van der Waals surface area contributed by atoms with Crippen molar-refractivity contribution < 1.29 is 13.0 Å². The van der Waals surface area contributed by atoms with E-state index in [0.29, 0.717) is 5.56 Å². The molecular formula is C12H13NO3S. The maximum atomic E-state index is 11.3. The molecule has 0 saturated heterocycles. The van der Waals surface area contributed by atoms with Crippen LogP contribution in [0.3, 0.4) is 0 Å². The van der Waals surface area contributed by atoms with Gasteiger partial charge in [0.15, 0.2) is 0 Å². The van der Waals surface area contributed by atoms with Gasteiger partial charge in [-0.2, -0.15) is 8.42 Å². The number of rotatable bonds is 3. The summed E-state index contributed by atoms with van der Waals surface area (Å²) in [6, 6.07) is 12.7. The van der Waals surface area contributed by atoms with Crippen molar-refractivity contribution in [1.82, 2.24) is 0 Å². The van der Waals surface area contributed by atoms with E-state index in [1.165, 1.54) is 0 Å². The molecule has 0 aliphatic rings. The van der Waals surface area contributed by atoms with Gasteiger partial charge in [0, 0.05) is 6.54 Å². The first-order chi connectivity index (χ1) is 8.04. The number of benzene rings is 2. The van der Waals surface area contributed by atoms with E-state index >= 15 is 0 Å². The molecule has 90 valence electrons. The summed E-state index contributed by atoms with van der Waals surface area (Å²) in [6.45, 7) is -0.146. The van der Waals surface area contributed by atoms with E-state index in [0.717, 1.165) is 10.8 Å². The maximum Gasteiger partial charge on any atom is 0.273 e. The highest BCUT2D eigenvalue weighted by Crippen LogP contribution is 2.28. The Morgan fingerprint density at radius 2 is 1.76 bits per heavy atom. The Morgan fingerprint density at radius 3 is 2.41 bits per heavy atom. The van der Waals surface area contributed by atoms with Crippen LogP contribution in [0.2, 0.25) is 0 Å². The van der Waals surface area contributed by atoms with Crippen LogP contribution >= 0.6 is 0 Å². The van der Waals surface area contributed by atoms with Crippen molar-refractivity contribution in [3.05, 3.63) is 48.0 Å². The van der Waals surface area contributed by atoms with Gasteiger partial charge in [-0.15, -0.1) is 0 Å². The van der Waals surface area contributed by atoms with Crippen molar-refractivity contribution in [3.63, 3.8) is 0 Å². The van der Waals surface area contributed by atoms with Crippen LogP contribution in [0.5, 0.6) is 0 Å². The average Bonchev–Trinajstić information content (AvgIpc) is 2.28. The van der Waals surface area contributed by atoms with Gasteiger partial charge in [0.05, 0.1) is 0 Å². The molecule has 0 spiro atoms. The fraction of sp³-hybridized carbons (Fsp3) is 0.167. The van der Waals surface area contributed by atoms with E-state index in [1.807, 2.05) is 30.3 Å². The van der Waals surface area contributed by atoms with E-state index < -0.39 is 15.4 Å². The standard InChI is InChI=1S/C12H13NO3S/c13-8-12(17(14,15)16)11-7-3-5-9-4-1-2-6-10(9)11/h1-7,12H,8,13H2,(H,14,15,16). The van der Waals surface area contributed by atoms with Crippen LogP contribution in [0.4, 0.5) is 0 Å². The predicted octanol–water partition coefficient (Wildman–Crippen LogP) is 1.73. The molecule has 0 fully saturated rings. The summed E-state index contributed by atoms with van der Waals surface area (Å²) in [5.74, 6) is 0. The van der Waals surface area contributed by atoms with Gasteiger partial charge in [0.2, 0.25) is 0 Å². The van der Waals surface area contributed by atoms with Gasteiger partial charge in [-0.05, 0) is 16.3 Å². The highest BCUT2D eigenvalue weighted by molar-refractivity contribution is 7.86. The fourth-order valence-electron chi connectivity index (χ4n) is 1.94. The van der Waals surface area contributed by atoms with Crippen molar-refractivity contribution >= 4 is 20.9 Å². The lowest BCUT2D eigenvalue weighted by Crippen LogP contribution is -2.21. The Balaban J connectivity index is 2.70. The monoisotopic (exact) mass is 251 g/mol. The zero-order valence-electron chi connectivity index (χ0n) is 9.08. The molecule has 0 aromatic heterocycles. The second-order valence-corrected chi connectivity index (χ2v) is 5.41. The minimum atomic E-state index is -4.18.